The van der Waals surface area contributed by atoms with Gasteiger partial charge in [0.05, 0.1) is 0 Å². The summed E-state index contributed by atoms with van der Waals surface area (Å²) in [6, 6.07) is 0. The molecule has 120 valence electrons. The first-order valence-corrected chi connectivity index (χ1v) is 9.31. The van der Waals surface area contributed by atoms with E-state index in [2.05, 4.69) is 17.0 Å². The molecule has 1 aliphatic carbocycles. The van der Waals surface area contributed by atoms with Crippen LogP contribution in [0.15, 0.2) is 0 Å². The first-order chi connectivity index (χ1) is 9.45. The van der Waals surface area contributed by atoms with Gasteiger partial charge in [0.2, 0.25) is 0 Å². The van der Waals surface area contributed by atoms with E-state index in [1.807, 2.05) is 6.92 Å². The predicted molar refractivity (Wildman–Crippen MR) is 83.8 cm³/mol. The summed E-state index contributed by atoms with van der Waals surface area (Å²) >= 11 is 0. The van der Waals surface area contributed by atoms with Gasteiger partial charge in [-0.15, -0.1) is 0 Å². The minimum atomic E-state index is -3.31. The average Bonchev–Trinajstić information content (AvgIpc) is 2.41. The van der Waals surface area contributed by atoms with E-state index in [1.165, 1.54) is 17.1 Å². The molecular formula is C14H31N3O2S. The third-order valence-corrected chi connectivity index (χ3v) is 5.62. The Morgan fingerprint density at radius 2 is 2.05 bits per heavy atom. The molecule has 0 bridgehead atoms. The lowest BCUT2D eigenvalue weighted by Gasteiger charge is -2.27. The van der Waals surface area contributed by atoms with Crippen molar-refractivity contribution in [2.45, 2.75) is 46.0 Å². The fraction of sp³-hybridized carbons (Fsp3) is 1.00. The Balaban J connectivity index is 2.28. The number of rotatable bonds is 9. The largest absolute Gasteiger partial charge is 0.317 e. The van der Waals surface area contributed by atoms with Gasteiger partial charge in [0.25, 0.3) is 10.2 Å². The Morgan fingerprint density at radius 3 is 2.70 bits per heavy atom. The van der Waals surface area contributed by atoms with Crippen LogP contribution in [0.25, 0.3) is 0 Å². The molecule has 0 amide bonds. The van der Waals surface area contributed by atoms with Crippen LogP contribution in [0.4, 0.5) is 0 Å². The molecule has 2 unspecified atom stereocenters. The van der Waals surface area contributed by atoms with E-state index < -0.39 is 10.2 Å². The van der Waals surface area contributed by atoms with E-state index in [4.69, 9.17) is 0 Å². The Morgan fingerprint density at radius 1 is 1.30 bits per heavy atom. The molecular weight excluding hydrogens is 274 g/mol. The van der Waals surface area contributed by atoms with Crippen LogP contribution in [0.5, 0.6) is 0 Å². The average molecular weight is 305 g/mol. The minimum Gasteiger partial charge on any atom is -0.317 e. The summed E-state index contributed by atoms with van der Waals surface area (Å²) in [5.74, 6) is 1.24. The lowest BCUT2D eigenvalue weighted by molar-refractivity contribution is 0.281. The van der Waals surface area contributed by atoms with Crippen LogP contribution in [-0.2, 0) is 10.2 Å². The molecule has 0 aromatic heterocycles. The third kappa shape index (κ3) is 6.52. The van der Waals surface area contributed by atoms with E-state index >= 15 is 0 Å². The molecule has 5 nitrogen and oxygen atoms in total. The van der Waals surface area contributed by atoms with Crippen molar-refractivity contribution in [2.24, 2.45) is 11.8 Å². The highest BCUT2D eigenvalue weighted by atomic mass is 32.2. The monoisotopic (exact) mass is 305 g/mol. The standard InChI is InChI=1S/C14H31N3O2S/c1-4-15-9-6-10-17(3)20(18,19)16-12-14-8-5-7-13(2)11-14/h13-16H,4-12H2,1-3H3. The van der Waals surface area contributed by atoms with Crippen LogP contribution in [0.2, 0.25) is 0 Å². The first-order valence-electron chi connectivity index (χ1n) is 7.87. The molecule has 0 aromatic carbocycles. The molecule has 1 rings (SSSR count). The Labute approximate surface area is 124 Å². The SMILES string of the molecule is CCNCCCN(C)S(=O)(=O)NCC1CCCC(C)C1. The highest BCUT2D eigenvalue weighted by Crippen LogP contribution is 2.28. The molecule has 0 radical (unpaired) electrons. The van der Waals surface area contributed by atoms with Crippen molar-refractivity contribution in [2.75, 3.05) is 33.2 Å². The lowest BCUT2D eigenvalue weighted by Crippen LogP contribution is -2.41. The minimum absolute atomic E-state index is 0.503. The van der Waals surface area contributed by atoms with E-state index in [-0.39, 0.29) is 0 Å². The van der Waals surface area contributed by atoms with E-state index in [0.29, 0.717) is 19.0 Å². The maximum absolute atomic E-state index is 12.1. The quantitative estimate of drug-likeness (QED) is 0.636. The molecule has 0 saturated heterocycles. The van der Waals surface area contributed by atoms with Crippen molar-refractivity contribution in [3.8, 4) is 0 Å². The van der Waals surface area contributed by atoms with E-state index in [9.17, 15) is 8.42 Å². The van der Waals surface area contributed by atoms with Crippen molar-refractivity contribution in [1.29, 1.82) is 0 Å². The molecule has 2 atom stereocenters. The second-order valence-corrected chi connectivity index (χ2v) is 7.88. The van der Waals surface area contributed by atoms with Crippen LogP contribution in [0.1, 0.15) is 46.0 Å². The molecule has 0 aromatic rings. The molecule has 1 fully saturated rings. The molecule has 1 saturated carbocycles. The second-order valence-electron chi connectivity index (χ2n) is 6.02. The van der Waals surface area contributed by atoms with E-state index in [1.54, 1.807) is 7.05 Å². The first kappa shape index (κ1) is 17.9. The van der Waals surface area contributed by atoms with Gasteiger partial charge in [0, 0.05) is 20.1 Å². The molecule has 6 heteroatoms. The summed E-state index contributed by atoms with van der Waals surface area (Å²) in [6.45, 7) is 7.24. The molecule has 0 aliphatic heterocycles. The normalized spacial score (nSPS) is 24.2. The number of hydrogen-bond donors (Lipinski definition) is 2. The van der Waals surface area contributed by atoms with Gasteiger partial charge in [-0.3, -0.25) is 0 Å². The van der Waals surface area contributed by atoms with Crippen molar-refractivity contribution < 1.29 is 8.42 Å². The Hall–Kier alpha value is -0.170. The fourth-order valence-corrected chi connectivity index (χ4v) is 3.84. The van der Waals surface area contributed by atoms with Gasteiger partial charge in [-0.2, -0.15) is 12.7 Å². The summed E-state index contributed by atoms with van der Waals surface area (Å²) in [4.78, 5) is 0. The van der Waals surface area contributed by atoms with Crippen LogP contribution in [0, 0.1) is 11.8 Å². The van der Waals surface area contributed by atoms with Gasteiger partial charge < -0.3 is 5.32 Å². The number of nitrogens with zero attached hydrogens (tertiary/aromatic N) is 1. The summed E-state index contributed by atoms with van der Waals surface area (Å²) in [7, 11) is -1.66. The summed E-state index contributed by atoms with van der Waals surface area (Å²) in [5.41, 5.74) is 0. The van der Waals surface area contributed by atoms with Crippen LogP contribution < -0.4 is 10.0 Å². The second kappa shape index (κ2) is 8.97. The van der Waals surface area contributed by atoms with Crippen molar-refractivity contribution in [3.63, 3.8) is 0 Å². The third-order valence-electron chi connectivity index (χ3n) is 4.09. The van der Waals surface area contributed by atoms with Gasteiger partial charge in [0.15, 0.2) is 0 Å². The van der Waals surface area contributed by atoms with Crippen LogP contribution >= 0.6 is 0 Å². The molecule has 2 N–H and O–H groups in total. The zero-order valence-corrected chi connectivity index (χ0v) is 14.0. The highest BCUT2D eigenvalue weighted by Gasteiger charge is 2.22. The summed E-state index contributed by atoms with van der Waals surface area (Å²) in [6.07, 6.45) is 5.65. The van der Waals surface area contributed by atoms with Crippen molar-refractivity contribution >= 4 is 10.2 Å². The number of nitrogens with one attached hydrogen (secondary N) is 2. The maximum atomic E-state index is 12.1. The van der Waals surface area contributed by atoms with Gasteiger partial charge in [-0.1, -0.05) is 26.7 Å². The molecule has 0 heterocycles. The van der Waals surface area contributed by atoms with Gasteiger partial charge >= 0.3 is 0 Å². The highest BCUT2D eigenvalue weighted by molar-refractivity contribution is 7.87. The van der Waals surface area contributed by atoms with Crippen LogP contribution in [-0.4, -0.2) is 45.9 Å². The Bertz CT molecular complexity index is 359. The smallest absolute Gasteiger partial charge is 0.279 e. The lowest BCUT2D eigenvalue weighted by atomic mass is 9.83. The Kier molecular flexibility index (Phi) is 8.02. The van der Waals surface area contributed by atoms with Crippen molar-refractivity contribution in [3.05, 3.63) is 0 Å². The zero-order chi connectivity index (χ0) is 15.0. The van der Waals surface area contributed by atoms with Crippen molar-refractivity contribution in [1.82, 2.24) is 14.3 Å². The fourth-order valence-electron chi connectivity index (χ4n) is 2.80. The summed E-state index contributed by atoms with van der Waals surface area (Å²) in [5, 5.41) is 3.20. The van der Waals surface area contributed by atoms with Crippen LogP contribution in [0.3, 0.4) is 0 Å². The number of hydrogen-bond acceptors (Lipinski definition) is 3. The molecule has 1 aliphatic rings. The maximum Gasteiger partial charge on any atom is 0.279 e. The predicted octanol–water partition coefficient (Wildman–Crippen LogP) is 1.58. The zero-order valence-electron chi connectivity index (χ0n) is 13.2. The molecule has 20 heavy (non-hydrogen) atoms. The van der Waals surface area contributed by atoms with Gasteiger partial charge in [-0.05, 0) is 44.2 Å². The van der Waals surface area contributed by atoms with E-state index in [0.717, 1.165) is 38.3 Å². The summed E-state index contributed by atoms with van der Waals surface area (Å²) < 4.78 is 28.4. The van der Waals surface area contributed by atoms with Gasteiger partial charge in [0.1, 0.15) is 0 Å². The molecule has 0 spiro atoms. The topological polar surface area (TPSA) is 61.4 Å². The van der Waals surface area contributed by atoms with Gasteiger partial charge in [-0.25, -0.2) is 4.72 Å².